The van der Waals surface area contributed by atoms with E-state index in [1.165, 1.54) is 0 Å². The Balaban J connectivity index is 2.45. The second kappa shape index (κ2) is 4.08. The molecule has 0 radical (unpaired) electrons. The number of nitrogens with zero attached hydrogens (tertiary/aromatic N) is 2. The molecule has 4 heteroatoms. The van der Waals surface area contributed by atoms with Crippen molar-refractivity contribution in [1.82, 2.24) is 9.97 Å². The maximum Gasteiger partial charge on any atom is 0.222 e. The van der Waals surface area contributed by atoms with Crippen LogP contribution in [-0.4, -0.2) is 16.5 Å². The summed E-state index contributed by atoms with van der Waals surface area (Å²) in [6.45, 7) is 4.31. The van der Waals surface area contributed by atoms with Gasteiger partial charge in [0, 0.05) is 23.4 Å². The van der Waals surface area contributed by atoms with Crippen molar-refractivity contribution in [2.75, 3.05) is 11.9 Å². The average molecular weight is 214 g/mol. The van der Waals surface area contributed by atoms with Gasteiger partial charge in [0.25, 0.3) is 0 Å². The number of nitrogens with one attached hydrogen (secondary N) is 1. The summed E-state index contributed by atoms with van der Waals surface area (Å²) in [5, 5.41) is 2.98. The van der Waals surface area contributed by atoms with Crippen molar-refractivity contribution >= 4 is 21.9 Å². The van der Waals surface area contributed by atoms with Crippen LogP contribution < -0.4 is 5.32 Å². The zero-order valence-electron chi connectivity index (χ0n) is 5.92. The van der Waals surface area contributed by atoms with Crippen molar-refractivity contribution in [2.45, 2.75) is 0 Å². The zero-order chi connectivity index (χ0) is 8.10. The molecule has 0 aliphatic rings. The van der Waals surface area contributed by atoms with Crippen molar-refractivity contribution in [2.24, 2.45) is 0 Å². The molecule has 0 spiro atoms. The molecule has 0 fully saturated rings. The number of aromatic nitrogens is 2. The summed E-state index contributed by atoms with van der Waals surface area (Å²) < 4.78 is 0.880. The highest BCUT2D eigenvalue weighted by Crippen LogP contribution is 2.01. The molecule has 1 N–H and O–H groups in total. The highest BCUT2D eigenvalue weighted by atomic mass is 79.9. The highest BCUT2D eigenvalue weighted by molar-refractivity contribution is 9.11. The van der Waals surface area contributed by atoms with E-state index in [0.29, 0.717) is 12.5 Å². The van der Waals surface area contributed by atoms with Crippen molar-refractivity contribution in [3.8, 4) is 0 Å². The SMILES string of the molecule is C=C(Br)CNc1ncccn1. The molecule has 0 bridgehead atoms. The minimum Gasteiger partial charge on any atom is -0.350 e. The molecule has 0 atom stereocenters. The van der Waals surface area contributed by atoms with Crippen LogP contribution in [-0.2, 0) is 0 Å². The van der Waals surface area contributed by atoms with Gasteiger partial charge >= 0.3 is 0 Å². The van der Waals surface area contributed by atoms with Crippen LogP contribution in [0.1, 0.15) is 0 Å². The minimum atomic E-state index is 0.619. The summed E-state index contributed by atoms with van der Waals surface area (Å²) in [6, 6.07) is 1.77. The van der Waals surface area contributed by atoms with Gasteiger partial charge in [-0.2, -0.15) is 0 Å². The molecule has 0 saturated carbocycles. The molecule has 1 aromatic heterocycles. The lowest BCUT2D eigenvalue weighted by atomic mass is 10.6. The van der Waals surface area contributed by atoms with Gasteiger partial charge in [0.1, 0.15) is 0 Å². The second-order valence-electron chi connectivity index (χ2n) is 1.94. The van der Waals surface area contributed by atoms with E-state index in [0.717, 1.165) is 4.48 Å². The third kappa shape index (κ3) is 3.13. The summed E-state index contributed by atoms with van der Waals surface area (Å²) in [5.41, 5.74) is 0. The molecule has 11 heavy (non-hydrogen) atoms. The van der Waals surface area contributed by atoms with Crippen molar-refractivity contribution in [1.29, 1.82) is 0 Å². The van der Waals surface area contributed by atoms with Crippen LogP contribution in [0, 0.1) is 0 Å². The lowest BCUT2D eigenvalue weighted by Crippen LogP contribution is -2.03. The van der Waals surface area contributed by atoms with Gasteiger partial charge in [-0.15, -0.1) is 0 Å². The molecule has 0 aliphatic heterocycles. The Bertz CT molecular complexity index is 235. The number of halogens is 1. The van der Waals surface area contributed by atoms with E-state index in [1.54, 1.807) is 18.5 Å². The van der Waals surface area contributed by atoms with Crippen LogP contribution >= 0.6 is 15.9 Å². The van der Waals surface area contributed by atoms with Crippen molar-refractivity contribution in [3.63, 3.8) is 0 Å². The number of hydrogen-bond donors (Lipinski definition) is 1. The fraction of sp³-hybridized carbons (Fsp3) is 0.143. The molecule has 1 rings (SSSR count). The van der Waals surface area contributed by atoms with E-state index >= 15 is 0 Å². The average Bonchev–Trinajstić information content (AvgIpc) is 2.03. The zero-order valence-corrected chi connectivity index (χ0v) is 7.50. The summed E-state index contributed by atoms with van der Waals surface area (Å²) in [6.07, 6.45) is 3.37. The van der Waals surface area contributed by atoms with Crippen LogP contribution in [0.25, 0.3) is 0 Å². The van der Waals surface area contributed by atoms with E-state index in [1.807, 2.05) is 0 Å². The van der Waals surface area contributed by atoms with Crippen LogP contribution in [0.3, 0.4) is 0 Å². The van der Waals surface area contributed by atoms with E-state index in [9.17, 15) is 0 Å². The third-order valence-corrected chi connectivity index (χ3v) is 1.28. The molecule has 0 saturated heterocycles. The molecule has 1 heterocycles. The van der Waals surface area contributed by atoms with Gasteiger partial charge in [0.2, 0.25) is 5.95 Å². The molecular formula is C7H8BrN3. The number of anilines is 1. The van der Waals surface area contributed by atoms with Gasteiger partial charge in [-0.3, -0.25) is 0 Å². The van der Waals surface area contributed by atoms with E-state index in [4.69, 9.17) is 0 Å². The van der Waals surface area contributed by atoms with Gasteiger partial charge in [-0.1, -0.05) is 22.5 Å². The quantitative estimate of drug-likeness (QED) is 0.833. The number of hydrogen-bond acceptors (Lipinski definition) is 3. The van der Waals surface area contributed by atoms with Gasteiger partial charge in [-0.05, 0) is 6.07 Å². The Morgan fingerprint density at radius 3 is 2.73 bits per heavy atom. The smallest absolute Gasteiger partial charge is 0.222 e. The van der Waals surface area contributed by atoms with Crippen molar-refractivity contribution < 1.29 is 0 Å². The molecule has 1 aromatic rings. The minimum absolute atomic E-state index is 0.619. The van der Waals surface area contributed by atoms with Gasteiger partial charge in [0.15, 0.2) is 0 Å². The predicted molar refractivity (Wildman–Crippen MR) is 48.6 cm³/mol. The Morgan fingerprint density at radius 2 is 2.18 bits per heavy atom. The first kappa shape index (κ1) is 8.20. The molecule has 0 aromatic carbocycles. The molecular weight excluding hydrogens is 206 g/mol. The monoisotopic (exact) mass is 213 g/mol. The summed E-state index contributed by atoms with van der Waals surface area (Å²) in [5.74, 6) is 0.619. The standard InChI is InChI=1S/C7H8BrN3/c1-6(8)5-11-7-9-3-2-4-10-7/h2-4H,1,5H2,(H,9,10,11). The molecule has 0 amide bonds. The Morgan fingerprint density at radius 1 is 1.55 bits per heavy atom. The van der Waals surface area contributed by atoms with Crippen LogP contribution in [0.15, 0.2) is 29.5 Å². The van der Waals surface area contributed by atoms with E-state index in [-0.39, 0.29) is 0 Å². The molecule has 58 valence electrons. The fourth-order valence-corrected chi connectivity index (χ4v) is 0.706. The number of rotatable bonds is 3. The van der Waals surface area contributed by atoms with Crippen molar-refractivity contribution in [3.05, 3.63) is 29.5 Å². The van der Waals surface area contributed by atoms with Crippen LogP contribution in [0.2, 0.25) is 0 Å². The predicted octanol–water partition coefficient (Wildman–Crippen LogP) is 1.80. The summed E-state index contributed by atoms with van der Waals surface area (Å²) >= 11 is 3.22. The molecule has 0 aliphatic carbocycles. The highest BCUT2D eigenvalue weighted by Gasteiger charge is 1.91. The van der Waals surface area contributed by atoms with Gasteiger partial charge < -0.3 is 5.32 Å². The van der Waals surface area contributed by atoms with Gasteiger partial charge in [-0.25, -0.2) is 9.97 Å². The Labute approximate surface area is 73.7 Å². The Hall–Kier alpha value is -0.900. The summed E-state index contributed by atoms with van der Waals surface area (Å²) in [7, 11) is 0. The third-order valence-electron chi connectivity index (χ3n) is 1.00. The largest absolute Gasteiger partial charge is 0.350 e. The van der Waals surface area contributed by atoms with E-state index in [2.05, 4.69) is 37.8 Å². The first-order chi connectivity index (χ1) is 5.29. The van der Waals surface area contributed by atoms with Gasteiger partial charge in [0.05, 0.1) is 0 Å². The van der Waals surface area contributed by atoms with Crippen LogP contribution in [0.5, 0.6) is 0 Å². The maximum atomic E-state index is 3.97. The van der Waals surface area contributed by atoms with Crippen LogP contribution in [0.4, 0.5) is 5.95 Å². The normalized spacial score (nSPS) is 9.18. The first-order valence-electron chi connectivity index (χ1n) is 3.13. The second-order valence-corrected chi connectivity index (χ2v) is 3.06. The molecule has 3 nitrogen and oxygen atoms in total. The Kier molecular flexibility index (Phi) is 3.04. The lowest BCUT2D eigenvalue weighted by molar-refractivity contribution is 1.12. The maximum absolute atomic E-state index is 3.97. The summed E-state index contributed by atoms with van der Waals surface area (Å²) in [4.78, 5) is 7.93. The topological polar surface area (TPSA) is 37.8 Å². The first-order valence-corrected chi connectivity index (χ1v) is 3.92. The van der Waals surface area contributed by atoms with E-state index < -0.39 is 0 Å². The lowest BCUT2D eigenvalue weighted by Gasteiger charge is -2.00. The fourth-order valence-electron chi connectivity index (χ4n) is 0.565. The molecule has 0 unspecified atom stereocenters.